The molecule has 1 radical (unpaired) electrons. The lowest BCUT2D eigenvalue weighted by Crippen LogP contribution is -2.48. The molecule has 3 atom stereocenters. The van der Waals surface area contributed by atoms with Gasteiger partial charge in [-0.25, -0.2) is 0 Å². The van der Waals surface area contributed by atoms with Crippen LogP contribution in [0.4, 0.5) is 0 Å². The van der Waals surface area contributed by atoms with Crippen LogP contribution in [0, 0.1) is 11.3 Å². The van der Waals surface area contributed by atoms with Gasteiger partial charge < -0.3 is 22.1 Å². The maximum absolute atomic E-state index is 12.2. The van der Waals surface area contributed by atoms with Gasteiger partial charge in [-0.3, -0.25) is 25.5 Å². The molecule has 1 fully saturated rings. The van der Waals surface area contributed by atoms with E-state index in [-0.39, 0.29) is 12.4 Å². The number of carbonyl (C=O) groups is 3. The Morgan fingerprint density at radius 3 is 2.55 bits per heavy atom. The molecule has 0 aromatic rings. The molecule has 22 heavy (non-hydrogen) atoms. The number of ketones is 2. The van der Waals surface area contributed by atoms with Crippen molar-refractivity contribution < 1.29 is 14.4 Å². The van der Waals surface area contributed by atoms with E-state index in [9.17, 15) is 14.4 Å². The highest BCUT2D eigenvalue weighted by Gasteiger charge is 2.39. The zero-order chi connectivity index (χ0) is 16.7. The molecule has 0 spiro atoms. The van der Waals surface area contributed by atoms with Gasteiger partial charge in [0.05, 0.1) is 12.1 Å². The van der Waals surface area contributed by atoms with Crippen molar-refractivity contribution in [2.75, 3.05) is 13.1 Å². The van der Waals surface area contributed by atoms with Crippen LogP contribution in [0.3, 0.4) is 0 Å². The highest BCUT2D eigenvalue weighted by molar-refractivity contribution is 6.20. The number of amides is 1. The fourth-order valence-corrected chi connectivity index (χ4v) is 2.43. The van der Waals surface area contributed by atoms with Crippen molar-refractivity contribution in [3.63, 3.8) is 0 Å². The number of nitrogens with one attached hydrogen (secondary N) is 4. The van der Waals surface area contributed by atoms with E-state index in [1.165, 1.54) is 0 Å². The van der Waals surface area contributed by atoms with Gasteiger partial charge >= 0.3 is 0 Å². The maximum atomic E-state index is 12.2. The van der Waals surface area contributed by atoms with Gasteiger partial charge in [0.2, 0.25) is 0 Å². The lowest BCUT2D eigenvalue weighted by Gasteiger charge is -2.19. The Morgan fingerprint density at radius 1 is 1.36 bits per heavy atom. The molecule has 1 heterocycles. The molecule has 9 heteroatoms. The fraction of sp³-hybridized carbons (Fsp3) is 0.692. The smallest absolute Gasteiger partial charge is 0.256 e. The summed E-state index contributed by atoms with van der Waals surface area (Å²) < 4.78 is 0. The SMILES string of the molecule is [NH]C(=O)C(C(=O)[C@@H](N)CCCNC(=N)N)C(=O)[C@H]1CCCN1. The van der Waals surface area contributed by atoms with Crippen LogP contribution in [0.2, 0.25) is 0 Å². The lowest BCUT2D eigenvalue weighted by molar-refractivity contribution is -0.141. The zero-order valence-corrected chi connectivity index (χ0v) is 12.4. The number of carbonyl (C=O) groups excluding carboxylic acids is 3. The number of nitrogens with two attached hydrogens (primary N) is 2. The van der Waals surface area contributed by atoms with Gasteiger partial charge in [-0.2, -0.15) is 0 Å². The van der Waals surface area contributed by atoms with Gasteiger partial charge in [0, 0.05) is 6.54 Å². The number of Topliss-reactive ketones (excluding diaryl/α,β-unsaturated/α-hetero) is 2. The molecule has 0 bridgehead atoms. The van der Waals surface area contributed by atoms with Gasteiger partial charge in [-0.15, -0.1) is 0 Å². The molecular formula is C13H23N6O3. The topological polar surface area (TPSA) is 175 Å². The first-order chi connectivity index (χ1) is 10.3. The molecule has 0 aromatic heterocycles. The fourth-order valence-electron chi connectivity index (χ4n) is 2.43. The average molecular weight is 311 g/mol. The third kappa shape index (κ3) is 5.08. The molecule has 1 amide bonds. The molecule has 0 saturated carbocycles. The largest absolute Gasteiger partial charge is 0.370 e. The summed E-state index contributed by atoms with van der Waals surface area (Å²) in [4.78, 5) is 35.8. The zero-order valence-electron chi connectivity index (χ0n) is 12.4. The Bertz CT molecular complexity index is 447. The summed E-state index contributed by atoms with van der Waals surface area (Å²) in [7, 11) is 0. The van der Waals surface area contributed by atoms with Crippen LogP contribution < -0.4 is 27.8 Å². The molecule has 8 N–H and O–H groups in total. The van der Waals surface area contributed by atoms with Crippen LogP contribution >= 0.6 is 0 Å². The second-order valence-corrected chi connectivity index (χ2v) is 5.34. The second-order valence-electron chi connectivity index (χ2n) is 5.34. The van der Waals surface area contributed by atoms with Crippen LogP contribution in [0.25, 0.3) is 0 Å². The molecule has 1 aliphatic heterocycles. The van der Waals surface area contributed by atoms with Crippen molar-refractivity contribution in [2.24, 2.45) is 17.4 Å². The molecule has 0 aliphatic carbocycles. The summed E-state index contributed by atoms with van der Waals surface area (Å²) in [6.07, 6.45) is 2.06. The first-order valence-electron chi connectivity index (χ1n) is 7.24. The highest BCUT2D eigenvalue weighted by Crippen LogP contribution is 2.15. The molecule has 1 saturated heterocycles. The average Bonchev–Trinajstić information content (AvgIpc) is 2.96. The normalized spacial score (nSPS) is 20.1. The highest BCUT2D eigenvalue weighted by atomic mass is 16.2. The number of hydrogen-bond acceptors (Lipinski definition) is 6. The standard InChI is InChI=1S/C13H23N6O3/c14-7(3-1-6-19-13(16)17)10(20)9(12(15)22)11(21)8-4-2-5-18-8/h7-9,15,18H,1-6,14H2,(H4,16,17,19)/t7-,8+,9?/m0/s1. The van der Waals surface area contributed by atoms with Gasteiger partial charge in [0.25, 0.3) is 5.91 Å². The van der Waals surface area contributed by atoms with Gasteiger partial charge in [0.15, 0.2) is 23.4 Å². The minimum Gasteiger partial charge on any atom is -0.370 e. The number of guanidine groups is 1. The summed E-state index contributed by atoms with van der Waals surface area (Å²) in [6.45, 7) is 1.03. The first kappa shape index (κ1) is 18.1. The van der Waals surface area contributed by atoms with E-state index in [0.717, 1.165) is 6.42 Å². The van der Waals surface area contributed by atoms with Crippen molar-refractivity contribution in [1.29, 1.82) is 5.41 Å². The number of hydrogen-bond donors (Lipinski definition) is 5. The Hall–Kier alpha value is -2.00. The van der Waals surface area contributed by atoms with E-state index in [2.05, 4.69) is 10.6 Å². The van der Waals surface area contributed by atoms with Crippen molar-refractivity contribution in [3.05, 3.63) is 0 Å². The maximum Gasteiger partial charge on any atom is 0.256 e. The quantitative estimate of drug-likeness (QED) is 0.140. The summed E-state index contributed by atoms with van der Waals surface area (Å²) in [5.74, 6) is -4.25. The summed E-state index contributed by atoms with van der Waals surface area (Å²) in [6, 6.07) is -1.53. The minimum absolute atomic E-state index is 0.179. The van der Waals surface area contributed by atoms with Gasteiger partial charge in [-0.05, 0) is 32.2 Å². The third-order valence-corrected chi connectivity index (χ3v) is 3.61. The van der Waals surface area contributed by atoms with E-state index >= 15 is 0 Å². The van der Waals surface area contributed by atoms with Crippen molar-refractivity contribution in [3.8, 4) is 0 Å². The Labute approximate surface area is 128 Å². The van der Waals surface area contributed by atoms with Crippen molar-refractivity contribution in [2.45, 2.75) is 37.8 Å². The number of rotatable bonds is 9. The first-order valence-corrected chi connectivity index (χ1v) is 7.24. The van der Waals surface area contributed by atoms with Crippen LogP contribution in [-0.2, 0) is 14.4 Å². The Kier molecular flexibility index (Phi) is 6.93. The summed E-state index contributed by atoms with van der Waals surface area (Å²) in [5.41, 5.74) is 18.1. The molecule has 9 nitrogen and oxygen atoms in total. The molecule has 1 unspecified atom stereocenters. The Morgan fingerprint density at radius 2 is 2.05 bits per heavy atom. The van der Waals surface area contributed by atoms with Crippen molar-refractivity contribution in [1.82, 2.24) is 16.4 Å². The molecule has 1 rings (SSSR count). The van der Waals surface area contributed by atoms with E-state index in [0.29, 0.717) is 25.9 Å². The van der Waals surface area contributed by atoms with E-state index in [4.69, 9.17) is 22.6 Å². The predicted octanol–water partition coefficient (Wildman–Crippen LogP) is -2.11. The van der Waals surface area contributed by atoms with Crippen LogP contribution in [0.5, 0.6) is 0 Å². The summed E-state index contributed by atoms with van der Waals surface area (Å²) >= 11 is 0. The summed E-state index contributed by atoms with van der Waals surface area (Å²) in [5, 5.41) is 12.5. The minimum atomic E-state index is -1.61. The molecule has 1 aliphatic rings. The van der Waals surface area contributed by atoms with E-state index < -0.39 is 35.5 Å². The predicted molar refractivity (Wildman–Crippen MR) is 79.8 cm³/mol. The lowest BCUT2D eigenvalue weighted by atomic mass is 9.88. The second kappa shape index (κ2) is 8.44. The monoisotopic (exact) mass is 311 g/mol. The van der Waals surface area contributed by atoms with Crippen LogP contribution in [0.1, 0.15) is 25.7 Å². The molecule has 0 aromatic carbocycles. The Balaban J connectivity index is 2.58. The van der Waals surface area contributed by atoms with E-state index in [1.807, 2.05) is 0 Å². The van der Waals surface area contributed by atoms with Gasteiger partial charge in [0.1, 0.15) is 0 Å². The van der Waals surface area contributed by atoms with Crippen molar-refractivity contribution >= 4 is 23.4 Å². The van der Waals surface area contributed by atoms with Crippen LogP contribution in [0.15, 0.2) is 0 Å². The third-order valence-electron chi connectivity index (χ3n) is 3.61. The van der Waals surface area contributed by atoms with Gasteiger partial charge in [-0.1, -0.05) is 0 Å². The molecular weight excluding hydrogens is 288 g/mol. The van der Waals surface area contributed by atoms with E-state index in [1.54, 1.807) is 0 Å². The van der Waals surface area contributed by atoms with Crippen LogP contribution in [-0.4, -0.2) is 48.6 Å². The molecule has 123 valence electrons.